The Morgan fingerprint density at radius 2 is 1.97 bits per heavy atom. The van der Waals surface area contributed by atoms with Gasteiger partial charge in [-0.3, -0.25) is 4.79 Å². The summed E-state index contributed by atoms with van der Waals surface area (Å²) in [5.74, 6) is 0.419. The summed E-state index contributed by atoms with van der Waals surface area (Å²) in [7, 11) is -3.15. The zero-order valence-electron chi connectivity index (χ0n) is 19.9. The van der Waals surface area contributed by atoms with E-state index in [9.17, 15) is 17.6 Å². The molecule has 1 aliphatic carbocycles. The van der Waals surface area contributed by atoms with Crippen LogP contribution in [0, 0.1) is 5.82 Å². The average molecular weight is 504 g/mol. The lowest BCUT2D eigenvalue weighted by atomic mass is 9.99. The van der Waals surface area contributed by atoms with E-state index in [0.29, 0.717) is 23.7 Å². The van der Waals surface area contributed by atoms with Crippen molar-refractivity contribution in [2.75, 3.05) is 11.5 Å². The van der Waals surface area contributed by atoms with E-state index in [1.165, 1.54) is 30.7 Å². The third kappa shape index (κ3) is 4.30. The van der Waals surface area contributed by atoms with Gasteiger partial charge in [0.2, 0.25) is 0 Å². The number of nitrogens with one attached hydrogen (secondary N) is 1. The van der Waals surface area contributed by atoms with Crippen molar-refractivity contribution < 1.29 is 17.6 Å². The second-order valence-electron chi connectivity index (χ2n) is 10.2. The Bertz CT molecular complexity index is 1610. The first kappa shape index (κ1) is 22.9. The topological polar surface area (TPSA) is 81.1 Å². The zero-order chi connectivity index (χ0) is 25.1. The molecule has 2 aromatic carbocycles. The number of fused-ring (bicyclic) bond motifs is 1. The average Bonchev–Trinajstić information content (AvgIpc) is 3.58. The highest BCUT2D eigenvalue weighted by molar-refractivity contribution is 7.91. The fourth-order valence-electron chi connectivity index (χ4n) is 5.13. The number of rotatable bonds is 5. The molecular weight excluding hydrogens is 477 g/mol. The molecule has 0 spiro atoms. The van der Waals surface area contributed by atoms with Crippen molar-refractivity contribution in [1.29, 1.82) is 0 Å². The van der Waals surface area contributed by atoms with E-state index in [-0.39, 0.29) is 17.4 Å². The summed E-state index contributed by atoms with van der Waals surface area (Å²) in [6.07, 6.45) is 5.96. The normalized spacial score (nSPS) is 21.1. The molecule has 1 amide bonds. The number of sulfone groups is 1. The number of nitrogens with zero attached hydrogens (tertiary/aromatic N) is 2. The van der Waals surface area contributed by atoms with Crippen LogP contribution in [0.2, 0.25) is 0 Å². The van der Waals surface area contributed by atoms with Gasteiger partial charge in [-0.15, -0.1) is 0 Å². The van der Waals surface area contributed by atoms with Gasteiger partial charge in [-0.05, 0) is 67.5 Å². The quantitative estimate of drug-likeness (QED) is 0.415. The predicted octanol–water partition coefficient (Wildman–Crippen LogP) is 5.02. The van der Waals surface area contributed by atoms with Gasteiger partial charge in [0.25, 0.3) is 5.91 Å². The van der Waals surface area contributed by atoms with Crippen LogP contribution in [0.25, 0.3) is 27.8 Å². The maximum atomic E-state index is 13.6. The van der Waals surface area contributed by atoms with Crippen LogP contribution < -0.4 is 5.32 Å². The van der Waals surface area contributed by atoms with E-state index in [4.69, 9.17) is 0 Å². The van der Waals surface area contributed by atoms with Gasteiger partial charge < -0.3 is 9.88 Å². The molecule has 0 bridgehead atoms. The highest BCUT2D eigenvalue weighted by atomic mass is 32.2. The minimum atomic E-state index is -3.15. The van der Waals surface area contributed by atoms with Gasteiger partial charge in [0.1, 0.15) is 11.6 Å². The molecule has 184 valence electrons. The first-order valence-corrected chi connectivity index (χ1v) is 13.9. The summed E-state index contributed by atoms with van der Waals surface area (Å²) in [5, 5.41) is 3.88. The summed E-state index contributed by atoms with van der Waals surface area (Å²) in [6, 6.07) is 17.0. The number of hydrogen-bond donors (Lipinski definition) is 1. The van der Waals surface area contributed by atoms with Crippen LogP contribution in [0.1, 0.15) is 48.0 Å². The highest BCUT2D eigenvalue weighted by Crippen LogP contribution is 2.42. The smallest absolute Gasteiger partial charge is 0.251 e. The summed E-state index contributed by atoms with van der Waals surface area (Å²) < 4.78 is 39.4. The molecule has 8 heteroatoms. The number of aromatic nitrogens is 2. The van der Waals surface area contributed by atoms with Gasteiger partial charge in [-0.2, -0.15) is 0 Å². The molecule has 6 rings (SSSR count). The van der Waals surface area contributed by atoms with Gasteiger partial charge in [0, 0.05) is 22.7 Å². The SMILES string of the molecule is C[C@@]1(NC(=O)c2ccc3c(-c4cccc(C5CC5)c4)cn(-c4ccc(F)cn4)c3c2)CCS(=O)(=O)C1. The third-order valence-corrected chi connectivity index (χ3v) is 9.09. The van der Waals surface area contributed by atoms with Crippen LogP contribution in [0.15, 0.2) is 67.0 Å². The standard InChI is InChI=1S/C28H26FN3O3S/c1-28(11-12-36(34,35)17-28)31-27(33)21-7-9-23-24(20-4-2-3-19(13-20)18-5-6-18)16-32(25(23)14-21)26-10-8-22(29)15-30-26/h2-4,7-10,13-16,18H,5-6,11-12,17H2,1H3,(H,31,33)/t28-/m1/s1. The van der Waals surface area contributed by atoms with Crippen molar-refractivity contribution in [1.82, 2.24) is 14.9 Å². The Morgan fingerprint density at radius 1 is 1.14 bits per heavy atom. The molecule has 2 aromatic heterocycles. The van der Waals surface area contributed by atoms with E-state index < -0.39 is 21.2 Å². The molecule has 1 atom stereocenters. The van der Waals surface area contributed by atoms with Crippen molar-refractivity contribution in [3.8, 4) is 16.9 Å². The molecule has 1 saturated heterocycles. The van der Waals surface area contributed by atoms with Crippen LogP contribution in [-0.2, 0) is 9.84 Å². The van der Waals surface area contributed by atoms with Gasteiger partial charge in [0.15, 0.2) is 9.84 Å². The predicted molar refractivity (Wildman–Crippen MR) is 138 cm³/mol. The van der Waals surface area contributed by atoms with Crippen LogP contribution in [0.5, 0.6) is 0 Å². The number of hydrogen-bond acceptors (Lipinski definition) is 4. The third-order valence-electron chi connectivity index (χ3n) is 7.19. The molecule has 0 radical (unpaired) electrons. The number of benzene rings is 2. The fourth-order valence-corrected chi connectivity index (χ4v) is 7.22. The molecule has 36 heavy (non-hydrogen) atoms. The second-order valence-corrected chi connectivity index (χ2v) is 12.4. The Balaban J connectivity index is 1.44. The lowest BCUT2D eigenvalue weighted by Gasteiger charge is -2.24. The number of carbonyl (C=O) groups is 1. The van der Waals surface area contributed by atoms with E-state index in [2.05, 4.69) is 34.6 Å². The second kappa shape index (κ2) is 8.27. The molecule has 4 aromatic rings. The first-order valence-electron chi connectivity index (χ1n) is 12.1. The zero-order valence-corrected chi connectivity index (χ0v) is 20.7. The Kier molecular flexibility index (Phi) is 5.26. The van der Waals surface area contributed by atoms with Gasteiger partial charge in [-0.25, -0.2) is 17.8 Å². The molecule has 3 heterocycles. The van der Waals surface area contributed by atoms with Gasteiger partial charge >= 0.3 is 0 Å². The van der Waals surface area contributed by atoms with Gasteiger partial charge in [0.05, 0.1) is 28.8 Å². The van der Waals surface area contributed by atoms with Crippen molar-refractivity contribution in [3.63, 3.8) is 0 Å². The highest BCUT2D eigenvalue weighted by Gasteiger charge is 2.39. The Labute approximate surface area is 209 Å². The first-order chi connectivity index (χ1) is 17.2. The van der Waals surface area contributed by atoms with Crippen LogP contribution in [0.4, 0.5) is 4.39 Å². The minimum absolute atomic E-state index is 0.0641. The molecular formula is C28H26FN3O3S. The Morgan fingerprint density at radius 3 is 2.67 bits per heavy atom. The van der Waals surface area contributed by atoms with Gasteiger partial charge in [-0.1, -0.05) is 30.3 Å². The van der Waals surface area contributed by atoms with Crippen molar-refractivity contribution in [2.45, 2.75) is 37.6 Å². The number of amides is 1. The molecule has 1 saturated carbocycles. The molecule has 1 N–H and O–H groups in total. The number of carbonyl (C=O) groups excluding carboxylic acids is 1. The monoisotopic (exact) mass is 503 g/mol. The van der Waals surface area contributed by atoms with E-state index in [1.54, 1.807) is 25.1 Å². The minimum Gasteiger partial charge on any atom is -0.346 e. The summed E-state index contributed by atoms with van der Waals surface area (Å²) >= 11 is 0. The largest absolute Gasteiger partial charge is 0.346 e. The molecule has 2 fully saturated rings. The van der Waals surface area contributed by atoms with Crippen LogP contribution >= 0.6 is 0 Å². The molecule has 1 aliphatic heterocycles. The number of pyridine rings is 1. The summed E-state index contributed by atoms with van der Waals surface area (Å²) in [5.41, 5.74) is 3.79. The fraction of sp³-hybridized carbons (Fsp3) is 0.286. The van der Waals surface area contributed by atoms with Crippen LogP contribution in [-0.4, -0.2) is 40.9 Å². The van der Waals surface area contributed by atoms with E-state index in [1.807, 2.05) is 16.8 Å². The van der Waals surface area contributed by atoms with Crippen molar-refractivity contribution >= 4 is 26.6 Å². The molecule has 2 aliphatic rings. The van der Waals surface area contributed by atoms with E-state index >= 15 is 0 Å². The summed E-state index contributed by atoms with van der Waals surface area (Å²) in [4.78, 5) is 17.4. The van der Waals surface area contributed by atoms with Crippen LogP contribution in [0.3, 0.4) is 0 Å². The molecule has 6 nitrogen and oxygen atoms in total. The lowest BCUT2D eigenvalue weighted by Crippen LogP contribution is -2.46. The van der Waals surface area contributed by atoms with Crippen molar-refractivity contribution in [3.05, 3.63) is 83.9 Å². The lowest BCUT2D eigenvalue weighted by molar-refractivity contribution is 0.0915. The maximum Gasteiger partial charge on any atom is 0.251 e. The summed E-state index contributed by atoms with van der Waals surface area (Å²) in [6.45, 7) is 1.77. The van der Waals surface area contributed by atoms with Crippen molar-refractivity contribution in [2.24, 2.45) is 0 Å². The number of halogens is 1. The molecule has 0 unspecified atom stereocenters. The Hall–Kier alpha value is -3.52. The van der Waals surface area contributed by atoms with E-state index in [0.717, 1.165) is 22.0 Å². The maximum absolute atomic E-state index is 13.6.